The number of hydrogen-bond acceptors (Lipinski definition) is 3. The molecule has 1 atom stereocenters. The molecular weight excluding hydrogens is 244 g/mol. The van der Waals surface area contributed by atoms with Crippen LogP contribution in [0, 0.1) is 10.8 Å². The number of rotatable bonds is 7. The molecule has 112 valence electrons. The summed E-state index contributed by atoms with van der Waals surface area (Å²) < 4.78 is 5.43. The van der Waals surface area contributed by atoms with E-state index in [0.29, 0.717) is 25.7 Å². The number of hydrogen-bond donors (Lipinski definition) is 1. The number of carbonyl (C=O) groups is 2. The summed E-state index contributed by atoms with van der Waals surface area (Å²) in [5.41, 5.74) is -2.15. The van der Waals surface area contributed by atoms with Gasteiger partial charge < -0.3 is 9.84 Å². The molecule has 1 N–H and O–H groups in total. The van der Waals surface area contributed by atoms with Gasteiger partial charge in [0.05, 0.1) is 0 Å². The average molecular weight is 272 g/mol. The van der Waals surface area contributed by atoms with Crippen molar-refractivity contribution in [3.63, 3.8) is 0 Å². The molecule has 0 bridgehead atoms. The quantitative estimate of drug-likeness (QED) is 0.567. The molecular formula is C15H28O4. The number of carboxylic acids is 1. The van der Waals surface area contributed by atoms with E-state index in [9.17, 15) is 14.7 Å². The van der Waals surface area contributed by atoms with Crippen molar-refractivity contribution in [2.75, 3.05) is 0 Å². The van der Waals surface area contributed by atoms with E-state index < -0.39 is 22.8 Å². The van der Waals surface area contributed by atoms with Gasteiger partial charge in [-0.25, -0.2) is 0 Å². The minimum absolute atomic E-state index is 0.203. The van der Waals surface area contributed by atoms with Crippen molar-refractivity contribution in [2.24, 2.45) is 10.8 Å². The number of carboxylic acid groups (broad SMARTS) is 1. The highest BCUT2D eigenvalue weighted by molar-refractivity contribution is 6.00. The highest BCUT2D eigenvalue weighted by Gasteiger charge is 2.56. The van der Waals surface area contributed by atoms with E-state index in [1.807, 2.05) is 20.8 Å². The fourth-order valence-electron chi connectivity index (χ4n) is 2.38. The predicted molar refractivity (Wildman–Crippen MR) is 74.9 cm³/mol. The Balaban J connectivity index is 5.46. The molecule has 0 aliphatic rings. The zero-order chi connectivity index (χ0) is 15.3. The van der Waals surface area contributed by atoms with Gasteiger partial charge in [0.25, 0.3) is 0 Å². The van der Waals surface area contributed by atoms with Crippen LogP contribution in [0.3, 0.4) is 0 Å². The molecule has 0 fully saturated rings. The van der Waals surface area contributed by atoms with Gasteiger partial charge in [-0.2, -0.15) is 0 Å². The molecule has 0 spiro atoms. The molecule has 0 amide bonds. The summed E-state index contributed by atoms with van der Waals surface area (Å²) in [6, 6.07) is 0. The van der Waals surface area contributed by atoms with Gasteiger partial charge >= 0.3 is 11.9 Å². The Bertz CT molecular complexity index is 313. The molecule has 0 saturated heterocycles. The average Bonchev–Trinajstić information content (AvgIpc) is 2.30. The van der Waals surface area contributed by atoms with E-state index >= 15 is 0 Å². The molecule has 0 aliphatic heterocycles. The summed E-state index contributed by atoms with van der Waals surface area (Å²) in [7, 11) is 0. The summed E-state index contributed by atoms with van der Waals surface area (Å²) in [5, 5.41) is 9.62. The van der Waals surface area contributed by atoms with Gasteiger partial charge in [0.1, 0.15) is 6.10 Å². The van der Waals surface area contributed by atoms with Gasteiger partial charge in [-0.15, -0.1) is 0 Å². The summed E-state index contributed by atoms with van der Waals surface area (Å²) in [4.78, 5) is 24.2. The lowest BCUT2D eigenvalue weighted by Crippen LogP contribution is -2.51. The van der Waals surface area contributed by atoms with Crippen molar-refractivity contribution in [2.45, 2.75) is 73.3 Å². The van der Waals surface area contributed by atoms with E-state index in [1.54, 1.807) is 20.8 Å². The number of carbonyl (C=O) groups excluding carboxylic acids is 1. The summed E-state index contributed by atoms with van der Waals surface area (Å²) in [5.74, 6) is -1.68. The van der Waals surface area contributed by atoms with Gasteiger partial charge in [-0.3, -0.25) is 9.59 Å². The molecule has 0 aromatic rings. The third-order valence-electron chi connectivity index (χ3n) is 3.80. The Hall–Kier alpha value is -1.06. The van der Waals surface area contributed by atoms with Crippen molar-refractivity contribution in [3.8, 4) is 0 Å². The minimum atomic E-state index is -1.47. The normalized spacial score (nSPS) is 15.1. The number of esters is 1. The van der Waals surface area contributed by atoms with Gasteiger partial charge in [0, 0.05) is 0 Å². The Morgan fingerprint density at radius 1 is 1.11 bits per heavy atom. The van der Waals surface area contributed by atoms with E-state index in [1.165, 1.54) is 0 Å². The first kappa shape index (κ1) is 17.9. The Morgan fingerprint density at radius 2 is 1.58 bits per heavy atom. The summed E-state index contributed by atoms with van der Waals surface area (Å²) >= 11 is 0. The monoisotopic (exact) mass is 272 g/mol. The molecule has 0 heterocycles. The molecule has 0 aromatic carbocycles. The van der Waals surface area contributed by atoms with Crippen LogP contribution in [-0.2, 0) is 14.3 Å². The van der Waals surface area contributed by atoms with Crippen molar-refractivity contribution in [3.05, 3.63) is 0 Å². The molecule has 0 rings (SSSR count). The van der Waals surface area contributed by atoms with Crippen LogP contribution in [0.1, 0.15) is 67.2 Å². The van der Waals surface area contributed by atoms with Gasteiger partial charge in [-0.1, -0.05) is 48.0 Å². The van der Waals surface area contributed by atoms with Crippen LogP contribution < -0.4 is 0 Å². The topological polar surface area (TPSA) is 63.6 Å². The lowest BCUT2D eigenvalue weighted by atomic mass is 9.64. The van der Waals surface area contributed by atoms with Crippen LogP contribution in [0.4, 0.5) is 0 Å². The van der Waals surface area contributed by atoms with Gasteiger partial charge in [0.2, 0.25) is 0 Å². The number of aliphatic carboxylic acids is 1. The molecule has 0 saturated carbocycles. The molecule has 4 nitrogen and oxygen atoms in total. The second-order valence-electron chi connectivity index (χ2n) is 6.05. The van der Waals surface area contributed by atoms with E-state index in [-0.39, 0.29) is 6.10 Å². The Morgan fingerprint density at radius 3 is 1.84 bits per heavy atom. The predicted octanol–water partition coefficient (Wildman–Crippen LogP) is 3.64. The standard InChI is InChI=1S/C15H28O4/c1-7-10-15(12(16)17,14(4,5)6)13(18)19-11(8-2)9-3/h11H,7-10H2,1-6H3,(H,16,17). The molecule has 1 unspecified atom stereocenters. The smallest absolute Gasteiger partial charge is 0.324 e. The maximum atomic E-state index is 12.5. The van der Waals surface area contributed by atoms with Crippen LogP contribution >= 0.6 is 0 Å². The third-order valence-corrected chi connectivity index (χ3v) is 3.80. The second-order valence-corrected chi connectivity index (χ2v) is 6.05. The first-order valence-corrected chi connectivity index (χ1v) is 7.11. The molecule has 0 aliphatic carbocycles. The third kappa shape index (κ3) is 3.71. The molecule has 19 heavy (non-hydrogen) atoms. The molecule has 4 heteroatoms. The first-order valence-electron chi connectivity index (χ1n) is 7.11. The van der Waals surface area contributed by atoms with Crippen LogP contribution in [0.2, 0.25) is 0 Å². The van der Waals surface area contributed by atoms with Crippen LogP contribution in [0.15, 0.2) is 0 Å². The zero-order valence-electron chi connectivity index (χ0n) is 13.1. The second kappa shape index (κ2) is 6.92. The largest absolute Gasteiger partial charge is 0.480 e. The summed E-state index contributed by atoms with van der Waals surface area (Å²) in [6.45, 7) is 11.1. The van der Waals surface area contributed by atoms with E-state index in [0.717, 1.165) is 0 Å². The Kier molecular flexibility index (Phi) is 6.53. The lowest BCUT2D eigenvalue weighted by Gasteiger charge is -2.39. The summed E-state index contributed by atoms with van der Waals surface area (Å²) in [6.07, 6.45) is 2.12. The first-order chi connectivity index (χ1) is 8.67. The van der Waals surface area contributed by atoms with Gasteiger partial charge in [0.15, 0.2) is 5.41 Å². The van der Waals surface area contributed by atoms with Crippen LogP contribution in [0.25, 0.3) is 0 Å². The molecule has 0 radical (unpaired) electrons. The van der Waals surface area contributed by atoms with Crippen LogP contribution in [0.5, 0.6) is 0 Å². The fourth-order valence-corrected chi connectivity index (χ4v) is 2.38. The maximum Gasteiger partial charge on any atom is 0.324 e. The van der Waals surface area contributed by atoms with Crippen molar-refractivity contribution < 1.29 is 19.4 Å². The van der Waals surface area contributed by atoms with Gasteiger partial charge in [-0.05, 0) is 24.7 Å². The number of ether oxygens (including phenoxy) is 1. The fraction of sp³-hybridized carbons (Fsp3) is 0.867. The van der Waals surface area contributed by atoms with Crippen LogP contribution in [-0.4, -0.2) is 23.1 Å². The van der Waals surface area contributed by atoms with E-state index in [4.69, 9.17) is 4.74 Å². The highest BCUT2D eigenvalue weighted by Crippen LogP contribution is 2.44. The minimum Gasteiger partial charge on any atom is -0.480 e. The lowest BCUT2D eigenvalue weighted by molar-refractivity contribution is -0.182. The molecule has 0 aromatic heterocycles. The SMILES string of the molecule is CCCC(C(=O)O)(C(=O)OC(CC)CC)C(C)(C)C. The van der Waals surface area contributed by atoms with Crippen molar-refractivity contribution in [1.82, 2.24) is 0 Å². The zero-order valence-corrected chi connectivity index (χ0v) is 13.1. The maximum absolute atomic E-state index is 12.5. The van der Waals surface area contributed by atoms with Crippen molar-refractivity contribution >= 4 is 11.9 Å². The van der Waals surface area contributed by atoms with E-state index in [2.05, 4.69) is 0 Å². The Labute approximate surface area is 116 Å². The van der Waals surface area contributed by atoms with Crippen molar-refractivity contribution in [1.29, 1.82) is 0 Å². The highest BCUT2D eigenvalue weighted by atomic mass is 16.5.